The lowest BCUT2D eigenvalue weighted by Crippen LogP contribution is -2.19. The Hall–Kier alpha value is 1.74. The molecule has 6 heteroatoms. The predicted octanol–water partition coefficient (Wildman–Crippen LogP) is 7.79. The molecule has 0 N–H and O–H groups in total. The van der Waals surface area contributed by atoms with E-state index in [0.29, 0.717) is 0 Å². The molecule has 0 aromatic carbocycles. The van der Waals surface area contributed by atoms with Crippen molar-refractivity contribution in [1.82, 2.24) is 0 Å². The summed E-state index contributed by atoms with van der Waals surface area (Å²) in [4.78, 5) is 0. The molecule has 0 aliphatic rings. The smallest absolute Gasteiger partial charge is 0.0499 e. The summed E-state index contributed by atoms with van der Waals surface area (Å²) >= 11 is 37.4. The van der Waals surface area contributed by atoms with Crippen LogP contribution in [-0.4, -0.2) is 32.3 Å². The Morgan fingerprint density at radius 2 is 0.682 bits per heavy atom. The number of hydrogen-bond donors (Lipinski definition) is 0. The predicted molar refractivity (Wildman–Crippen MR) is 106 cm³/mol. The second-order valence-electron chi connectivity index (χ2n) is 5.77. The van der Waals surface area contributed by atoms with Crippen molar-refractivity contribution < 1.29 is 0 Å². The molecule has 0 aromatic heterocycles. The molecule has 0 saturated carbocycles. The summed E-state index contributed by atoms with van der Waals surface area (Å²) in [5.41, 5.74) is 0. The minimum Gasteiger partial charge on any atom is -0.121 e. The van der Waals surface area contributed by atoms with Crippen LogP contribution in [0.15, 0.2) is 0 Å². The topological polar surface area (TPSA) is 0 Å². The van der Waals surface area contributed by atoms with E-state index >= 15 is 0 Å². The van der Waals surface area contributed by atoms with Crippen molar-refractivity contribution >= 4 is 69.6 Å². The van der Waals surface area contributed by atoms with Gasteiger partial charge in [0.1, 0.15) is 0 Å². The number of rotatable bonds is 13. The summed E-state index contributed by atoms with van der Waals surface area (Å²) in [5, 5.41) is 0.0160. The Bertz CT molecular complexity index is 237. The standard InChI is InChI=1S/C16H28Cl6/c1-3-11(17)13(19)7-5-9-15(21)16(22)10-6-8-14(20)12(18)4-2/h11-16H,3-10H2,1-2H3. The first kappa shape index (κ1) is 23.7. The van der Waals surface area contributed by atoms with Crippen molar-refractivity contribution in [3.63, 3.8) is 0 Å². The fourth-order valence-corrected chi connectivity index (χ4v) is 3.73. The zero-order valence-electron chi connectivity index (χ0n) is 13.4. The monoisotopic (exact) mass is 430 g/mol. The number of halogens is 6. The largest absolute Gasteiger partial charge is 0.121 e. The maximum atomic E-state index is 6.37. The Balaban J connectivity index is 3.81. The van der Waals surface area contributed by atoms with Gasteiger partial charge in [0.2, 0.25) is 0 Å². The molecule has 0 bridgehead atoms. The molecule has 0 saturated heterocycles. The van der Waals surface area contributed by atoms with Gasteiger partial charge in [-0.25, -0.2) is 0 Å². The summed E-state index contributed by atoms with van der Waals surface area (Å²) in [7, 11) is 0. The van der Waals surface area contributed by atoms with Crippen LogP contribution >= 0.6 is 69.6 Å². The first-order valence-electron chi connectivity index (χ1n) is 8.17. The van der Waals surface area contributed by atoms with Crippen molar-refractivity contribution in [1.29, 1.82) is 0 Å². The van der Waals surface area contributed by atoms with Gasteiger partial charge in [-0.3, -0.25) is 0 Å². The SMILES string of the molecule is CCC(Cl)C(Cl)CCCC(Cl)C(Cl)CCCC(Cl)C(Cl)CC. The lowest BCUT2D eigenvalue weighted by Gasteiger charge is -2.19. The van der Waals surface area contributed by atoms with Gasteiger partial charge in [-0.1, -0.05) is 26.7 Å². The molecule has 134 valence electrons. The highest BCUT2D eigenvalue weighted by Crippen LogP contribution is 2.26. The summed E-state index contributed by atoms with van der Waals surface area (Å²) in [5.74, 6) is 0. The third kappa shape index (κ3) is 10.6. The van der Waals surface area contributed by atoms with Crippen molar-refractivity contribution in [2.45, 2.75) is 97.5 Å². The maximum Gasteiger partial charge on any atom is 0.0499 e. The van der Waals surface area contributed by atoms with Crippen molar-refractivity contribution in [3.8, 4) is 0 Å². The van der Waals surface area contributed by atoms with Gasteiger partial charge in [0.15, 0.2) is 0 Å². The van der Waals surface area contributed by atoms with Crippen LogP contribution in [0.25, 0.3) is 0 Å². The van der Waals surface area contributed by atoms with Crippen LogP contribution in [0.1, 0.15) is 65.2 Å². The van der Waals surface area contributed by atoms with E-state index < -0.39 is 0 Å². The van der Waals surface area contributed by atoms with Crippen molar-refractivity contribution in [2.75, 3.05) is 0 Å². The van der Waals surface area contributed by atoms with Crippen molar-refractivity contribution in [3.05, 3.63) is 0 Å². The summed E-state index contributed by atoms with van der Waals surface area (Å²) in [6.45, 7) is 4.08. The van der Waals surface area contributed by atoms with Crippen molar-refractivity contribution in [2.24, 2.45) is 0 Å². The highest BCUT2D eigenvalue weighted by Gasteiger charge is 2.20. The van der Waals surface area contributed by atoms with E-state index in [2.05, 4.69) is 0 Å². The minimum absolute atomic E-state index is 0.0102. The van der Waals surface area contributed by atoms with E-state index in [0.717, 1.165) is 51.4 Å². The zero-order valence-corrected chi connectivity index (χ0v) is 17.9. The molecule has 0 aliphatic carbocycles. The molecule has 0 amide bonds. The van der Waals surface area contributed by atoms with Crippen LogP contribution < -0.4 is 0 Å². The molecule has 22 heavy (non-hydrogen) atoms. The molecule has 0 aromatic rings. The maximum absolute atomic E-state index is 6.37. The fourth-order valence-electron chi connectivity index (χ4n) is 2.25. The van der Waals surface area contributed by atoms with E-state index in [1.807, 2.05) is 13.8 Å². The Kier molecular flexibility index (Phi) is 15.1. The van der Waals surface area contributed by atoms with Gasteiger partial charge in [0.05, 0.1) is 0 Å². The third-order valence-corrected chi connectivity index (χ3v) is 7.58. The molecular weight excluding hydrogens is 405 g/mol. The number of hydrogen-bond acceptors (Lipinski definition) is 0. The molecule has 0 heterocycles. The minimum atomic E-state index is -0.0346. The van der Waals surface area contributed by atoms with Gasteiger partial charge < -0.3 is 0 Å². The van der Waals surface area contributed by atoms with Crippen LogP contribution in [-0.2, 0) is 0 Å². The van der Waals surface area contributed by atoms with Crippen LogP contribution in [0.3, 0.4) is 0 Å². The normalized spacial score (nSPS) is 20.2. The van der Waals surface area contributed by atoms with E-state index in [1.54, 1.807) is 0 Å². The molecule has 0 nitrogen and oxygen atoms in total. The second kappa shape index (κ2) is 14.0. The molecule has 6 atom stereocenters. The van der Waals surface area contributed by atoms with Gasteiger partial charge in [-0.15, -0.1) is 69.6 Å². The third-order valence-electron chi connectivity index (χ3n) is 3.88. The first-order valence-corrected chi connectivity index (χ1v) is 10.8. The van der Waals surface area contributed by atoms with Gasteiger partial charge in [0.25, 0.3) is 0 Å². The van der Waals surface area contributed by atoms with Crippen LogP contribution in [0.2, 0.25) is 0 Å². The highest BCUT2D eigenvalue weighted by atomic mass is 35.5. The van der Waals surface area contributed by atoms with Gasteiger partial charge in [-0.05, 0) is 38.5 Å². The van der Waals surface area contributed by atoms with Crippen LogP contribution in [0, 0.1) is 0 Å². The highest BCUT2D eigenvalue weighted by molar-refractivity contribution is 6.31. The van der Waals surface area contributed by atoms with E-state index in [1.165, 1.54) is 0 Å². The molecule has 0 spiro atoms. The summed E-state index contributed by atoms with van der Waals surface area (Å²) in [6, 6.07) is 0. The van der Waals surface area contributed by atoms with E-state index in [4.69, 9.17) is 69.6 Å². The van der Waals surface area contributed by atoms with E-state index in [-0.39, 0.29) is 32.3 Å². The summed E-state index contributed by atoms with van der Waals surface area (Å²) in [6.07, 6.45) is 7.16. The quantitative estimate of drug-likeness (QED) is 0.260. The number of alkyl halides is 6. The van der Waals surface area contributed by atoms with Crippen LogP contribution in [0.4, 0.5) is 0 Å². The average Bonchev–Trinajstić information content (AvgIpc) is 2.52. The lowest BCUT2D eigenvalue weighted by atomic mass is 10.0. The van der Waals surface area contributed by atoms with E-state index in [9.17, 15) is 0 Å². The second-order valence-corrected chi connectivity index (χ2v) is 9.14. The Labute approximate surface area is 166 Å². The summed E-state index contributed by atoms with van der Waals surface area (Å²) < 4.78 is 0. The van der Waals surface area contributed by atoms with Gasteiger partial charge >= 0.3 is 0 Å². The molecular formula is C16H28Cl6. The Morgan fingerprint density at radius 3 is 0.909 bits per heavy atom. The fraction of sp³-hybridized carbons (Fsp3) is 1.00. The van der Waals surface area contributed by atoms with Gasteiger partial charge in [0, 0.05) is 32.3 Å². The van der Waals surface area contributed by atoms with Crippen LogP contribution in [0.5, 0.6) is 0 Å². The molecule has 0 fully saturated rings. The first-order chi connectivity index (χ1) is 10.3. The molecule has 6 unspecified atom stereocenters. The Morgan fingerprint density at radius 1 is 0.455 bits per heavy atom. The molecule has 0 rings (SSSR count). The lowest BCUT2D eigenvalue weighted by molar-refractivity contribution is 0.554. The average molecular weight is 433 g/mol. The van der Waals surface area contributed by atoms with Gasteiger partial charge in [-0.2, -0.15) is 0 Å². The molecule has 0 aliphatic heterocycles. The molecule has 0 radical (unpaired) electrons. The zero-order chi connectivity index (χ0) is 17.1.